The minimum absolute atomic E-state index is 0.0454. The number of rotatable bonds is 14. The van der Waals surface area contributed by atoms with Crippen LogP contribution in [0.25, 0.3) is 11.1 Å². The number of carbonyl (C=O) groups excluding carboxylic acids is 2. The molecule has 0 spiro atoms. The zero-order valence-electron chi connectivity index (χ0n) is 23.6. The van der Waals surface area contributed by atoms with Crippen molar-refractivity contribution < 1.29 is 29.0 Å². The van der Waals surface area contributed by atoms with Gasteiger partial charge in [-0.15, -0.1) is 0 Å². The molecule has 0 fully saturated rings. The van der Waals surface area contributed by atoms with Crippen LogP contribution >= 0.6 is 0 Å². The lowest BCUT2D eigenvalue weighted by molar-refractivity contribution is -0.137. The molecule has 0 saturated heterocycles. The molecule has 0 unspecified atom stereocenters. The van der Waals surface area contributed by atoms with E-state index < -0.39 is 24.2 Å². The lowest BCUT2D eigenvalue weighted by Gasteiger charge is -2.30. The minimum atomic E-state index is -0.978. The van der Waals surface area contributed by atoms with Crippen LogP contribution in [0.3, 0.4) is 0 Å². The molecule has 3 aromatic rings. The molecule has 216 valence electrons. The molecule has 8 nitrogen and oxygen atoms in total. The highest BCUT2D eigenvalue weighted by atomic mass is 16.5. The van der Waals surface area contributed by atoms with Crippen molar-refractivity contribution in [3.63, 3.8) is 0 Å². The van der Waals surface area contributed by atoms with E-state index >= 15 is 0 Å². The van der Waals surface area contributed by atoms with Gasteiger partial charge >= 0.3 is 12.1 Å². The average Bonchev–Trinajstić information content (AvgIpc) is 3.31. The number of carboxylic acid groups (broad SMARTS) is 1. The molecule has 4 rings (SSSR count). The summed E-state index contributed by atoms with van der Waals surface area (Å²) in [5.41, 5.74) is 5.43. The van der Waals surface area contributed by atoms with E-state index in [1.165, 1.54) is 0 Å². The van der Waals surface area contributed by atoms with Gasteiger partial charge in [0.1, 0.15) is 12.6 Å². The fraction of sp³-hybridized carbons (Fsp3) is 0.364. The van der Waals surface area contributed by atoms with Gasteiger partial charge < -0.3 is 24.8 Å². The molecule has 1 aliphatic rings. The molecule has 0 aliphatic heterocycles. The van der Waals surface area contributed by atoms with Crippen molar-refractivity contribution >= 4 is 18.0 Å². The number of ether oxygens (including phenoxy) is 2. The van der Waals surface area contributed by atoms with Crippen LogP contribution in [0.15, 0.2) is 78.9 Å². The maximum absolute atomic E-state index is 13.6. The van der Waals surface area contributed by atoms with Crippen LogP contribution in [0.1, 0.15) is 55.7 Å². The van der Waals surface area contributed by atoms with Crippen molar-refractivity contribution in [2.75, 3.05) is 19.7 Å². The molecule has 0 radical (unpaired) electrons. The van der Waals surface area contributed by atoms with Gasteiger partial charge in [0.25, 0.3) is 0 Å². The van der Waals surface area contributed by atoms with Gasteiger partial charge in [-0.25, -0.2) is 4.79 Å². The van der Waals surface area contributed by atoms with Gasteiger partial charge in [0, 0.05) is 25.4 Å². The van der Waals surface area contributed by atoms with E-state index in [2.05, 4.69) is 29.6 Å². The summed E-state index contributed by atoms with van der Waals surface area (Å²) in [6.45, 7) is 4.83. The number of likely N-dealkylation sites (N-methyl/N-ethyl adjacent to an activating group) is 1. The van der Waals surface area contributed by atoms with Crippen molar-refractivity contribution in [1.29, 1.82) is 0 Å². The normalized spacial score (nSPS) is 13.5. The molecule has 0 saturated carbocycles. The zero-order chi connectivity index (χ0) is 29.2. The number of carboxylic acids is 1. The standard InChI is InChI=1S/C33H38N2O6/c1-3-35(20-12-11-19-30(36)37)32(38)31(23(2)40-21-24-13-5-4-6-14-24)34-33(39)41-22-29-27-17-9-7-15-25(27)26-16-8-10-18-28(26)29/h4-10,13-18,23,29,31H,3,11-12,19-22H2,1-2H3,(H,34,39)(H,36,37)/t23-,31+/m0/s1. The Hall–Kier alpha value is -4.17. The quantitative estimate of drug-likeness (QED) is 0.250. The second kappa shape index (κ2) is 14.5. The summed E-state index contributed by atoms with van der Waals surface area (Å²) in [6.07, 6.45) is -0.283. The molecule has 3 aromatic carbocycles. The number of nitrogens with one attached hydrogen (secondary N) is 1. The van der Waals surface area contributed by atoms with Crippen LogP contribution in [0.4, 0.5) is 4.79 Å². The number of hydrogen-bond donors (Lipinski definition) is 2. The Bertz CT molecular complexity index is 1280. The highest BCUT2D eigenvalue weighted by Gasteiger charge is 2.33. The predicted molar refractivity (Wildman–Crippen MR) is 156 cm³/mol. The molecule has 0 bridgehead atoms. The van der Waals surface area contributed by atoms with E-state index in [0.29, 0.717) is 25.9 Å². The highest BCUT2D eigenvalue weighted by molar-refractivity contribution is 5.86. The van der Waals surface area contributed by atoms with Gasteiger partial charge in [-0.3, -0.25) is 9.59 Å². The Labute approximate surface area is 241 Å². The number of alkyl carbamates (subject to hydrolysis) is 1. The number of fused-ring (bicyclic) bond motifs is 3. The topological polar surface area (TPSA) is 105 Å². The molecular weight excluding hydrogens is 520 g/mol. The number of amides is 2. The van der Waals surface area contributed by atoms with E-state index in [0.717, 1.165) is 27.8 Å². The second-order valence-electron chi connectivity index (χ2n) is 10.2. The number of aliphatic carboxylic acids is 1. The average molecular weight is 559 g/mol. The third-order valence-electron chi connectivity index (χ3n) is 7.47. The summed E-state index contributed by atoms with van der Waals surface area (Å²) >= 11 is 0. The van der Waals surface area contributed by atoms with Gasteiger partial charge in [0.2, 0.25) is 5.91 Å². The van der Waals surface area contributed by atoms with Crippen molar-refractivity contribution in [2.45, 2.75) is 57.8 Å². The van der Waals surface area contributed by atoms with Crippen LogP contribution in [0.5, 0.6) is 0 Å². The van der Waals surface area contributed by atoms with Crippen LogP contribution in [0.2, 0.25) is 0 Å². The van der Waals surface area contributed by atoms with Crippen LogP contribution in [0, 0.1) is 0 Å². The van der Waals surface area contributed by atoms with Gasteiger partial charge in [-0.1, -0.05) is 78.9 Å². The third-order valence-corrected chi connectivity index (χ3v) is 7.47. The molecule has 2 amide bonds. The summed E-state index contributed by atoms with van der Waals surface area (Å²) in [6, 6.07) is 24.8. The number of carbonyl (C=O) groups is 3. The fourth-order valence-electron chi connectivity index (χ4n) is 5.24. The van der Waals surface area contributed by atoms with E-state index in [9.17, 15) is 14.4 Å². The molecule has 2 atom stereocenters. The molecular formula is C33H38N2O6. The van der Waals surface area contributed by atoms with E-state index in [1.54, 1.807) is 11.8 Å². The molecule has 2 N–H and O–H groups in total. The zero-order valence-corrected chi connectivity index (χ0v) is 23.6. The van der Waals surface area contributed by atoms with Crippen molar-refractivity contribution in [1.82, 2.24) is 10.2 Å². The predicted octanol–water partition coefficient (Wildman–Crippen LogP) is 5.60. The van der Waals surface area contributed by atoms with Gasteiger partial charge in [-0.2, -0.15) is 0 Å². The van der Waals surface area contributed by atoms with Crippen LogP contribution < -0.4 is 5.32 Å². The van der Waals surface area contributed by atoms with Gasteiger partial charge in [0.15, 0.2) is 0 Å². The van der Waals surface area contributed by atoms with Crippen LogP contribution in [-0.2, 0) is 25.7 Å². The van der Waals surface area contributed by atoms with Gasteiger partial charge in [0.05, 0.1) is 12.7 Å². The summed E-state index contributed by atoms with van der Waals surface area (Å²) in [5, 5.41) is 11.7. The lowest BCUT2D eigenvalue weighted by Crippen LogP contribution is -2.54. The van der Waals surface area contributed by atoms with Gasteiger partial charge in [-0.05, 0) is 54.5 Å². The SMILES string of the molecule is CCN(CCCCC(=O)O)C(=O)[C@H](NC(=O)OCC1c2ccccc2-c2ccccc21)[C@H](C)OCc1ccccc1. The Balaban J connectivity index is 1.44. The molecule has 8 heteroatoms. The second-order valence-corrected chi connectivity index (χ2v) is 10.2. The summed E-state index contributed by atoms with van der Waals surface area (Å²) in [4.78, 5) is 39.3. The van der Waals surface area contributed by atoms with Crippen molar-refractivity contribution in [2.24, 2.45) is 0 Å². The Kier molecular flexibility index (Phi) is 10.5. The minimum Gasteiger partial charge on any atom is -0.481 e. The van der Waals surface area contributed by atoms with E-state index in [-0.39, 0.29) is 31.5 Å². The largest absolute Gasteiger partial charge is 0.481 e. The first-order valence-electron chi connectivity index (χ1n) is 14.2. The summed E-state index contributed by atoms with van der Waals surface area (Å²) in [7, 11) is 0. The van der Waals surface area contributed by atoms with Crippen LogP contribution in [-0.4, -0.2) is 59.8 Å². The Morgan fingerprint density at radius 1 is 0.902 bits per heavy atom. The monoisotopic (exact) mass is 558 g/mol. The first-order valence-corrected chi connectivity index (χ1v) is 14.2. The number of unbranched alkanes of at least 4 members (excludes halogenated alkanes) is 1. The molecule has 0 heterocycles. The molecule has 0 aromatic heterocycles. The molecule has 41 heavy (non-hydrogen) atoms. The Morgan fingerprint density at radius 3 is 2.12 bits per heavy atom. The summed E-state index contributed by atoms with van der Waals surface area (Å²) in [5.74, 6) is -1.26. The van der Waals surface area contributed by atoms with Crippen molar-refractivity contribution in [3.8, 4) is 11.1 Å². The third kappa shape index (κ3) is 7.73. The maximum Gasteiger partial charge on any atom is 0.407 e. The first kappa shape index (κ1) is 29.8. The number of nitrogens with zero attached hydrogens (tertiary/aromatic N) is 1. The fourth-order valence-corrected chi connectivity index (χ4v) is 5.24. The summed E-state index contributed by atoms with van der Waals surface area (Å²) < 4.78 is 11.8. The number of hydrogen-bond acceptors (Lipinski definition) is 5. The Morgan fingerprint density at radius 2 is 1.51 bits per heavy atom. The molecule has 1 aliphatic carbocycles. The smallest absolute Gasteiger partial charge is 0.407 e. The maximum atomic E-state index is 13.6. The van der Waals surface area contributed by atoms with Crippen molar-refractivity contribution in [3.05, 3.63) is 95.6 Å². The number of benzene rings is 3. The highest BCUT2D eigenvalue weighted by Crippen LogP contribution is 2.44. The van der Waals surface area contributed by atoms with E-state index in [4.69, 9.17) is 14.6 Å². The van der Waals surface area contributed by atoms with E-state index in [1.807, 2.05) is 61.5 Å². The lowest BCUT2D eigenvalue weighted by atomic mass is 9.98. The first-order chi connectivity index (χ1) is 19.9.